The maximum absolute atomic E-state index is 13.2. The number of nitrogens with zero attached hydrogens (tertiary/aromatic N) is 4. The molecule has 148 valence electrons. The van der Waals surface area contributed by atoms with Crippen LogP contribution in [0.4, 0.5) is 5.13 Å². The van der Waals surface area contributed by atoms with Crippen LogP contribution in [0.3, 0.4) is 0 Å². The lowest BCUT2D eigenvalue weighted by atomic mass is 10.1. The number of aryl methyl sites for hydroxylation is 3. The third-order valence-corrected chi connectivity index (χ3v) is 6.10. The highest BCUT2D eigenvalue weighted by molar-refractivity contribution is 7.22. The summed E-state index contributed by atoms with van der Waals surface area (Å²) in [5.74, 6) is 0.0360. The molecular weight excluding hydrogens is 376 g/mol. The third-order valence-electron chi connectivity index (χ3n) is 4.87. The van der Waals surface area contributed by atoms with Crippen molar-refractivity contribution >= 4 is 32.6 Å². The molecule has 0 bridgehead atoms. The van der Waals surface area contributed by atoms with Crippen molar-refractivity contribution in [2.75, 3.05) is 44.3 Å². The molecule has 0 unspecified atom stereocenters. The highest BCUT2D eigenvalue weighted by atomic mass is 32.1. The van der Waals surface area contributed by atoms with Gasteiger partial charge in [0.1, 0.15) is 0 Å². The van der Waals surface area contributed by atoms with Crippen molar-refractivity contribution in [3.05, 3.63) is 40.8 Å². The van der Waals surface area contributed by atoms with Crippen LogP contribution in [0.2, 0.25) is 0 Å². The van der Waals surface area contributed by atoms with Gasteiger partial charge >= 0.3 is 0 Å². The Morgan fingerprint density at radius 3 is 2.71 bits per heavy atom. The van der Waals surface area contributed by atoms with Crippen LogP contribution in [0, 0.1) is 20.8 Å². The number of carbonyl (C=O) groups excluding carboxylic acids is 1. The lowest BCUT2D eigenvalue weighted by Gasteiger charge is -2.28. The molecule has 1 fully saturated rings. The van der Waals surface area contributed by atoms with Gasteiger partial charge in [-0.2, -0.15) is 0 Å². The molecule has 28 heavy (non-hydrogen) atoms. The number of carbonyl (C=O) groups is 1. The molecule has 1 aliphatic heterocycles. The Balaban J connectivity index is 1.65. The van der Waals surface area contributed by atoms with Crippen LogP contribution >= 0.6 is 11.3 Å². The first-order chi connectivity index (χ1) is 13.5. The summed E-state index contributed by atoms with van der Waals surface area (Å²) >= 11 is 1.55. The Bertz CT molecular complexity index is 991. The molecule has 1 aliphatic rings. The zero-order valence-electron chi connectivity index (χ0n) is 16.4. The molecule has 2 aromatic heterocycles. The van der Waals surface area contributed by atoms with Crippen LogP contribution in [0.1, 0.15) is 27.4 Å². The number of aromatic nitrogens is 2. The molecule has 3 aromatic rings. The lowest BCUT2D eigenvalue weighted by Crippen LogP contribution is -2.43. The van der Waals surface area contributed by atoms with E-state index in [2.05, 4.69) is 36.0 Å². The number of anilines is 1. The van der Waals surface area contributed by atoms with E-state index in [1.165, 1.54) is 11.1 Å². The number of rotatable bonds is 5. The van der Waals surface area contributed by atoms with Crippen LogP contribution in [0.25, 0.3) is 10.2 Å². The van der Waals surface area contributed by atoms with E-state index >= 15 is 0 Å². The van der Waals surface area contributed by atoms with Crippen molar-refractivity contribution in [3.63, 3.8) is 0 Å². The van der Waals surface area contributed by atoms with Gasteiger partial charge in [-0.05, 0) is 38.0 Å². The van der Waals surface area contributed by atoms with E-state index in [0.717, 1.165) is 43.1 Å². The zero-order valence-corrected chi connectivity index (χ0v) is 17.2. The second-order valence-electron chi connectivity index (χ2n) is 7.17. The summed E-state index contributed by atoms with van der Waals surface area (Å²) in [6, 6.07) is 5.88. The van der Waals surface area contributed by atoms with Gasteiger partial charge in [-0.25, -0.2) is 4.98 Å². The molecule has 7 nitrogen and oxygen atoms in total. The second-order valence-corrected chi connectivity index (χ2v) is 8.15. The Hall–Kier alpha value is -2.29. The van der Waals surface area contributed by atoms with Gasteiger partial charge in [0.25, 0.3) is 5.91 Å². The van der Waals surface area contributed by atoms with Crippen LogP contribution in [0.15, 0.2) is 22.7 Å². The summed E-state index contributed by atoms with van der Waals surface area (Å²) in [5, 5.41) is 4.56. The molecule has 0 radical (unpaired) electrons. The van der Waals surface area contributed by atoms with Gasteiger partial charge in [0.15, 0.2) is 5.13 Å². The Kier molecular flexibility index (Phi) is 5.43. The number of fused-ring (bicyclic) bond motifs is 1. The molecule has 1 aromatic carbocycles. The summed E-state index contributed by atoms with van der Waals surface area (Å²) in [6.45, 7) is 10.5. The monoisotopic (exact) mass is 400 g/mol. The molecule has 3 heterocycles. The predicted octanol–water partition coefficient (Wildman–Crippen LogP) is 3.19. The Morgan fingerprint density at radius 1 is 1.21 bits per heavy atom. The summed E-state index contributed by atoms with van der Waals surface area (Å²) in [4.78, 5) is 22.0. The van der Waals surface area contributed by atoms with E-state index in [4.69, 9.17) is 14.2 Å². The molecule has 0 spiro atoms. The highest BCUT2D eigenvalue weighted by Gasteiger charge is 2.26. The lowest BCUT2D eigenvalue weighted by molar-refractivity contribution is 0.0390. The molecule has 0 saturated carbocycles. The summed E-state index contributed by atoms with van der Waals surface area (Å²) in [5.41, 5.74) is 3.96. The van der Waals surface area contributed by atoms with Crippen LogP contribution in [-0.4, -0.2) is 60.3 Å². The average Bonchev–Trinajstić information content (AvgIpc) is 3.29. The molecule has 1 saturated heterocycles. The van der Waals surface area contributed by atoms with Gasteiger partial charge in [-0.15, -0.1) is 0 Å². The Morgan fingerprint density at radius 2 is 2.00 bits per heavy atom. The van der Waals surface area contributed by atoms with Gasteiger partial charge < -0.3 is 9.26 Å². The van der Waals surface area contributed by atoms with Crippen LogP contribution in [-0.2, 0) is 4.74 Å². The predicted molar refractivity (Wildman–Crippen MR) is 109 cm³/mol. The maximum Gasteiger partial charge on any atom is 0.298 e. The molecule has 0 N–H and O–H groups in total. The average molecular weight is 401 g/mol. The number of morpholine rings is 1. The molecule has 0 aliphatic carbocycles. The molecule has 1 amide bonds. The fourth-order valence-electron chi connectivity index (χ4n) is 3.43. The van der Waals surface area contributed by atoms with Crippen LogP contribution < -0.4 is 4.90 Å². The number of benzene rings is 1. The first kappa shape index (κ1) is 19.0. The zero-order chi connectivity index (χ0) is 19.7. The number of ether oxygens (including phenoxy) is 1. The van der Waals surface area contributed by atoms with Crippen molar-refractivity contribution in [1.29, 1.82) is 0 Å². The minimum atomic E-state index is -0.206. The van der Waals surface area contributed by atoms with Crippen molar-refractivity contribution in [1.82, 2.24) is 15.0 Å². The second kappa shape index (κ2) is 7.98. The first-order valence-electron chi connectivity index (χ1n) is 9.44. The highest BCUT2D eigenvalue weighted by Crippen LogP contribution is 2.32. The summed E-state index contributed by atoms with van der Waals surface area (Å²) < 4.78 is 11.8. The number of amides is 1. The van der Waals surface area contributed by atoms with E-state index in [0.29, 0.717) is 17.4 Å². The van der Waals surface area contributed by atoms with E-state index in [1.807, 2.05) is 6.92 Å². The van der Waals surface area contributed by atoms with Crippen molar-refractivity contribution in [3.8, 4) is 0 Å². The standard InChI is InChI=1S/C20H24N4O3S/c1-13-10-14(2)18-16(11-13)21-20(28-18)24(5-4-23-6-8-26-9-7-23)19(25)17-12-15(3)22-27-17/h10-12H,4-9H2,1-3H3. The van der Waals surface area contributed by atoms with Gasteiger partial charge in [-0.3, -0.25) is 14.6 Å². The van der Waals surface area contributed by atoms with E-state index in [1.54, 1.807) is 22.3 Å². The molecule has 0 atom stereocenters. The first-order valence-corrected chi connectivity index (χ1v) is 10.3. The maximum atomic E-state index is 13.2. The van der Waals surface area contributed by atoms with Crippen LogP contribution in [0.5, 0.6) is 0 Å². The minimum Gasteiger partial charge on any atom is -0.379 e. The fraction of sp³-hybridized carbons (Fsp3) is 0.450. The Labute approximate surface area is 167 Å². The smallest absolute Gasteiger partial charge is 0.298 e. The fourth-order valence-corrected chi connectivity index (χ4v) is 4.47. The van der Waals surface area contributed by atoms with Crippen molar-refractivity contribution in [2.45, 2.75) is 20.8 Å². The van der Waals surface area contributed by atoms with Crippen molar-refractivity contribution in [2.24, 2.45) is 0 Å². The van der Waals surface area contributed by atoms with Gasteiger partial charge in [0, 0.05) is 32.2 Å². The van der Waals surface area contributed by atoms with Gasteiger partial charge in [0.05, 0.1) is 29.1 Å². The SMILES string of the molecule is Cc1cc(C)c2sc(N(CCN3CCOCC3)C(=O)c3cc(C)no3)nc2c1. The van der Waals surface area contributed by atoms with Crippen molar-refractivity contribution < 1.29 is 14.1 Å². The van der Waals surface area contributed by atoms with Gasteiger partial charge in [-0.1, -0.05) is 22.6 Å². The van der Waals surface area contributed by atoms with E-state index in [9.17, 15) is 4.79 Å². The summed E-state index contributed by atoms with van der Waals surface area (Å²) in [7, 11) is 0. The number of hydrogen-bond acceptors (Lipinski definition) is 7. The van der Waals surface area contributed by atoms with Gasteiger partial charge in [0.2, 0.25) is 5.76 Å². The summed E-state index contributed by atoms with van der Waals surface area (Å²) in [6.07, 6.45) is 0. The van der Waals surface area contributed by atoms with E-state index < -0.39 is 0 Å². The number of thiazole rings is 1. The topological polar surface area (TPSA) is 71.7 Å². The minimum absolute atomic E-state index is 0.206. The number of hydrogen-bond donors (Lipinski definition) is 0. The molecular formula is C20H24N4O3S. The third kappa shape index (κ3) is 3.94. The quantitative estimate of drug-likeness (QED) is 0.655. The normalized spacial score (nSPS) is 15.2. The molecule has 4 rings (SSSR count). The largest absolute Gasteiger partial charge is 0.379 e. The molecule has 8 heteroatoms. The van der Waals surface area contributed by atoms with E-state index in [-0.39, 0.29) is 11.7 Å².